The number of nitrogens with one attached hydrogen (secondary N) is 1. The van der Waals surface area contributed by atoms with E-state index in [4.69, 9.17) is 0 Å². The summed E-state index contributed by atoms with van der Waals surface area (Å²) in [5, 5.41) is 5.08. The van der Waals surface area contributed by atoms with Crippen molar-refractivity contribution in [2.24, 2.45) is 0 Å². The standard InChI is InChI=1S/C28H22N2O2S/c1-19-10-12-20(13-11-19)28(32)29-21-14-16-22(17-15-21)33-18-27(31)30-25-8-4-2-6-23(25)24-7-3-5-9-26(24)30/h2-17H,18H2,1H3,(H,29,32). The van der Waals surface area contributed by atoms with Gasteiger partial charge in [-0.2, -0.15) is 0 Å². The molecule has 162 valence electrons. The Labute approximate surface area is 196 Å². The van der Waals surface area contributed by atoms with Crippen LogP contribution in [-0.4, -0.2) is 22.1 Å². The van der Waals surface area contributed by atoms with Gasteiger partial charge in [-0.1, -0.05) is 54.1 Å². The van der Waals surface area contributed by atoms with Gasteiger partial charge in [0.1, 0.15) is 0 Å². The van der Waals surface area contributed by atoms with Gasteiger partial charge in [0.25, 0.3) is 5.91 Å². The van der Waals surface area contributed by atoms with E-state index < -0.39 is 0 Å². The van der Waals surface area contributed by atoms with Gasteiger partial charge in [0.15, 0.2) is 0 Å². The summed E-state index contributed by atoms with van der Waals surface area (Å²) in [6.45, 7) is 1.99. The molecule has 1 heterocycles. The predicted octanol–water partition coefficient (Wildman–Crippen LogP) is 6.79. The van der Waals surface area contributed by atoms with Crippen LogP contribution in [0.2, 0.25) is 0 Å². The summed E-state index contributed by atoms with van der Waals surface area (Å²) in [6, 6.07) is 31.0. The van der Waals surface area contributed by atoms with Crippen molar-refractivity contribution >= 4 is 51.1 Å². The van der Waals surface area contributed by atoms with Crippen molar-refractivity contribution in [3.63, 3.8) is 0 Å². The highest BCUT2D eigenvalue weighted by Crippen LogP contribution is 2.29. The summed E-state index contributed by atoms with van der Waals surface area (Å²) in [5.74, 6) is 0.212. The zero-order valence-electron chi connectivity index (χ0n) is 18.1. The molecule has 0 saturated carbocycles. The first-order valence-corrected chi connectivity index (χ1v) is 11.7. The van der Waals surface area contributed by atoms with Gasteiger partial charge in [-0.15, -0.1) is 11.8 Å². The third-order valence-electron chi connectivity index (χ3n) is 5.62. The monoisotopic (exact) mass is 450 g/mol. The molecule has 0 bridgehead atoms. The van der Waals surface area contributed by atoms with Crippen LogP contribution in [0.25, 0.3) is 21.8 Å². The number of thioether (sulfide) groups is 1. The van der Waals surface area contributed by atoms with E-state index in [1.165, 1.54) is 11.8 Å². The summed E-state index contributed by atoms with van der Waals surface area (Å²) in [4.78, 5) is 26.6. The van der Waals surface area contributed by atoms with E-state index in [1.54, 1.807) is 0 Å². The third-order valence-corrected chi connectivity index (χ3v) is 6.61. The number of benzene rings is 4. The molecule has 33 heavy (non-hydrogen) atoms. The molecule has 0 saturated heterocycles. The number of anilines is 1. The van der Waals surface area contributed by atoms with Crippen molar-refractivity contribution < 1.29 is 9.59 Å². The second kappa shape index (κ2) is 8.96. The number of amides is 1. The van der Waals surface area contributed by atoms with E-state index in [2.05, 4.69) is 17.4 Å². The molecule has 5 rings (SSSR count). The van der Waals surface area contributed by atoms with E-state index in [1.807, 2.05) is 96.4 Å². The molecule has 4 aromatic carbocycles. The second-order valence-electron chi connectivity index (χ2n) is 7.90. The van der Waals surface area contributed by atoms with Gasteiger partial charge in [0.05, 0.1) is 16.8 Å². The summed E-state index contributed by atoms with van der Waals surface area (Å²) in [6.07, 6.45) is 0. The van der Waals surface area contributed by atoms with Gasteiger partial charge < -0.3 is 5.32 Å². The van der Waals surface area contributed by atoms with E-state index in [9.17, 15) is 9.59 Å². The zero-order chi connectivity index (χ0) is 22.8. The van der Waals surface area contributed by atoms with Crippen LogP contribution in [0.3, 0.4) is 0 Å². The fraction of sp³-hybridized carbons (Fsp3) is 0.0714. The Bertz CT molecular complexity index is 1410. The van der Waals surface area contributed by atoms with Crippen molar-refractivity contribution in [1.82, 2.24) is 4.57 Å². The van der Waals surface area contributed by atoms with Gasteiger partial charge in [0, 0.05) is 26.9 Å². The number of hydrogen-bond acceptors (Lipinski definition) is 3. The molecule has 4 nitrogen and oxygen atoms in total. The Balaban J connectivity index is 1.29. The molecule has 0 aliphatic heterocycles. The van der Waals surface area contributed by atoms with Crippen LogP contribution >= 0.6 is 11.8 Å². The average molecular weight is 451 g/mol. The lowest BCUT2D eigenvalue weighted by molar-refractivity contribution is 0.0950. The predicted molar refractivity (Wildman–Crippen MR) is 136 cm³/mol. The fourth-order valence-corrected chi connectivity index (χ4v) is 4.69. The van der Waals surface area contributed by atoms with Crippen LogP contribution in [0.1, 0.15) is 20.7 Å². The van der Waals surface area contributed by atoms with Crippen LogP contribution in [0.4, 0.5) is 5.69 Å². The van der Waals surface area contributed by atoms with E-state index >= 15 is 0 Å². The molecular formula is C28H22N2O2S. The van der Waals surface area contributed by atoms with Crippen LogP contribution in [0.5, 0.6) is 0 Å². The van der Waals surface area contributed by atoms with E-state index in [-0.39, 0.29) is 11.8 Å². The molecule has 0 atom stereocenters. The summed E-state index contributed by atoms with van der Waals surface area (Å²) >= 11 is 1.49. The first kappa shape index (κ1) is 21.0. The number of rotatable bonds is 5. The number of hydrogen-bond donors (Lipinski definition) is 1. The molecule has 0 aliphatic rings. The van der Waals surface area contributed by atoms with Crippen LogP contribution < -0.4 is 5.32 Å². The van der Waals surface area contributed by atoms with Crippen molar-refractivity contribution in [1.29, 1.82) is 0 Å². The Kier molecular flexibility index (Phi) is 5.71. The maximum Gasteiger partial charge on any atom is 0.255 e. The number of carbonyl (C=O) groups is 2. The number of aromatic nitrogens is 1. The molecule has 5 aromatic rings. The Morgan fingerprint density at radius 3 is 1.94 bits per heavy atom. The summed E-state index contributed by atoms with van der Waals surface area (Å²) < 4.78 is 1.81. The molecule has 0 unspecified atom stereocenters. The maximum atomic E-state index is 13.2. The first-order chi connectivity index (χ1) is 16.1. The highest BCUT2D eigenvalue weighted by Gasteiger charge is 2.15. The average Bonchev–Trinajstić information content (AvgIpc) is 3.18. The minimum Gasteiger partial charge on any atom is -0.322 e. The Hall–Kier alpha value is -3.83. The lowest BCUT2D eigenvalue weighted by Crippen LogP contribution is -2.13. The molecule has 0 radical (unpaired) electrons. The summed E-state index contributed by atoms with van der Waals surface area (Å²) in [5.41, 5.74) is 4.31. The lowest BCUT2D eigenvalue weighted by atomic mass is 10.1. The number of para-hydroxylation sites is 2. The second-order valence-corrected chi connectivity index (χ2v) is 8.95. The number of aryl methyl sites for hydroxylation is 1. The number of carbonyl (C=O) groups excluding carboxylic acids is 2. The first-order valence-electron chi connectivity index (χ1n) is 10.7. The van der Waals surface area contributed by atoms with Crippen molar-refractivity contribution in [2.75, 3.05) is 11.1 Å². The largest absolute Gasteiger partial charge is 0.322 e. The van der Waals surface area contributed by atoms with Crippen molar-refractivity contribution in [3.05, 3.63) is 108 Å². The summed E-state index contributed by atoms with van der Waals surface area (Å²) in [7, 11) is 0. The van der Waals surface area contributed by atoms with Gasteiger partial charge in [-0.05, 0) is 55.5 Å². The van der Waals surface area contributed by atoms with E-state index in [0.717, 1.165) is 38.0 Å². The van der Waals surface area contributed by atoms with Crippen molar-refractivity contribution in [3.8, 4) is 0 Å². The van der Waals surface area contributed by atoms with Gasteiger partial charge >= 0.3 is 0 Å². The minimum atomic E-state index is -0.142. The maximum absolute atomic E-state index is 13.2. The van der Waals surface area contributed by atoms with Gasteiger partial charge in [-0.3, -0.25) is 14.2 Å². The smallest absolute Gasteiger partial charge is 0.255 e. The topological polar surface area (TPSA) is 51.1 Å². The SMILES string of the molecule is Cc1ccc(C(=O)Nc2ccc(SCC(=O)n3c4ccccc4c4ccccc43)cc2)cc1. The number of nitrogens with zero attached hydrogens (tertiary/aromatic N) is 1. The highest BCUT2D eigenvalue weighted by molar-refractivity contribution is 8.00. The molecule has 1 amide bonds. The fourth-order valence-electron chi connectivity index (χ4n) is 3.94. The molecule has 1 N–H and O–H groups in total. The molecule has 0 aliphatic carbocycles. The van der Waals surface area contributed by atoms with Crippen molar-refractivity contribution in [2.45, 2.75) is 11.8 Å². The van der Waals surface area contributed by atoms with Crippen LogP contribution in [0.15, 0.2) is 102 Å². The quantitative estimate of drug-likeness (QED) is 0.300. The Morgan fingerprint density at radius 1 is 0.758 bits per heavy atom. The van der Waals surface area contributed by atoms with Gasteiger partial charge in [0.2, 0.25) is 5.91 Å². The van der Waals surface area contributed by atoms with Crippen LogP contribution in [0, 0.1) is 6.92 Å². The zero-order valence-corrected chi connectivity index (χ0v) is 18.9. The van der Waals surface area contributed by atoms with Gasteiger partial charge in [-0.25, -0.2) is 0 Å². The molecule has 1 aromatic heterocycles. The third kappa shape index (κ3) is 4.28. The molecular weight excluding hydrogens is 428 g/mol. The molecule has 5 heteroatoms. The number of fused-ring (bicyclic) bond motifs is 3. The lowest BCUT2D eigenvalue weighted by Gasteiger charge is -2.08. The van der Waals surface area contributed by atoms with Crippen LogP contribution in [-0.2, 0) is 0 Å². The molecule has 0 fully saturated rings. The van der Waals surface area contributed by atoms with E-state index in [0.29, 0.717) is 11.3 Å². The molecule has 0 spiro atoms. The normalized spacial score (nSPS) is 11.1. The Morgan fingerprint density at radius 2 is 1.33 bits per heavy atom. The highest BCUT2D eigenvalue weighted by atomic mass is 32.2. The minimum absolute atomic E-state index is 0.0363.